The van der Waals surface area contributed by atoms with Crippen molar-refractivity contribution in [2.45, 2.75) is 13.0 Å². The molecular weight excluding hydrogens is 240 g/mol. The van der Waals surface area contributed by atoms with Crippen LogP contribution in [0.25, 0.3) is 0 Å². The van der Waals surface area contributed by atoms with Gasteiger partial charge in [-0.1, -0.05) is 36.4 Å². The van der Waals surface area contributed by atoms with Crippen molar-refractivity contribution in [3.63, 3.8) is 0 Å². The molecule has 2 rings (SSSR count). The molecular formula is C15H16N2O2. The molecule has 0 bridgehead atoms. The lowest BCUT2D eigenvalue weighted by Gasteiger charge is -2.17. The first kappa shape index (κ1) is 13.1. The van der Waals surface area contributed by atoms with Gasteiger partial charge in [0.1, 0.15) is 0 Å². The van der Waals surface area contributed by atoms with E-state index >= 15 is 0 Å². The molecule has 4 nitrogen and oxygen atoms in total. The Morgan fingerprint density at radius 2 is 1.84 bits per heavy atom. The molecule has 1 atom stereocenters. The Labute approximate surface area is 111 Å². The molecule has 0 aliphatic rings. The van der Waals surface area contributed by atoms with Crippen LogP contribution < -0.4 is 11.2 Å². The highest BCUT2D eigenvalue weighted by atomic mass is 16.2. The zero-order valence-electron chi connectivity index (χ0n) is 11.0. The van der Waals surface area contributed by atoms with Crippen molar-refractivity contribution in [1.82, 2.24) is 9.13 Å². The number of aromatic nitrogens is 2. The second kappa shape index (κ2) is 5.10. The minimum absolute atomic E-state index is 0.267. The van der Waals surface area contributed by atoms with E-state index in [0.29, 0.717) is 5.56 Å². The fourth-order valence-electron chi connectivity index (χ4n) is 2.10. The normalized spacial score (nSPS) is 12.1. The first-order valence-electron chi connectivity index (χ1n) is 6.02. The van der Waals surface area contributed by atoms with E-state index in [9.17, 15) is 9.59 Å². The SMILES string of the molecule is C=CC(c1ccccc1)n1cc(C)c(=O)n(C)c1=O. The minimum atomic E-state index is -0.343. The molecule has 0 N–H and O–H groups in total. The van der Waals surface area contributed by atoms with Crippen molar-refractivity contribution < 1.29 is 0 Å². The lowest BCUT2D eigenvalue weighted by atomic mass is 10.1. The first-order valence-corrected chi connectivity index (χ1v) is 6.02. The molecule has 0 spiro atoms. The van der Waals surface area contributed by atoms with Crippen molar-refractivity contribution in [1.29, 1.82) is 0 Å². The molecule has 1 aromatic carbocycles. The van der Waals surface area contributed by atoms with Crippen molar-refractivity contribution in [2.75, 3.05) is 0 Å². The summed E-state index contributed by atoms with van der Waals surface area (Å²) in [6.07, 6.45) is 3.28. The van der Waals surface area contributed by atoms with Gasteiger partial charge >= 0.3 is 5.69 Å². The standard InChI is InChI=1S/C15H16N2O2/c1-4-13(12-8-6-5-7-9-12)17-10-11(2)14(18)16(3)15(17)19/h4-10,13H,1H2,2-3H3. The average Bonchev–Trinajstić information content (AvgIpc) is 2.44. The Morgan fingerprint density at radius 1 is 1.21 bits per heavy atom. The van der Waals surface area contributed by atoms with Gasteiger partial charge in [-0.25, -0.2) is 4.79 Å². The highest BCUT2D eigenvalue weighted by molar-refractivity contribution is 5.24. The predicted octanol–water partition coefficient (Wildman–Crippen LogP) is 1.63. The van der Waals surface area contributed by atoms with E-state index in [1.165, 1.54) is 11.6 Å². The van der Waals surface area contributed by atoms with Crippen LogP contribution in [0, 0.1) is 6.92 Å². The molecule has 1 aromatic heterocycles. The molecule has 2 aromatic rings. The lowest BCUT2D eigenvalue weighted by molar-refractivity contribution is 0.591. The third-order valence-corrected chi connectivity index (χ3v) is 3.15. The zero-order chi connectivity index (χ0) is 14.0. The summed E-state index contributed by atoms with van der Waals surface area (Å²) in [6, 6.07) is 9.31. The lowest BCUT2D eigenvalue weighted by Crippen LogP contribution is -2.40. The summed E-state index contributed by atoms with van der Waals surface area (Å²) in [5.41, 5.74) is 0.879. The second-order valence-electron chi connectivity index (χ2n) is 4.46. The van der Waals surface area contributed by atoms with Crippen molar-refractivity contribution >= 4 is 0 Å². The number of aryl methyl sites for hydroxylation is 1. The van der Waals surface area contributed by atoms with Gasteiger partial charge in [0.05, 0.1) is 6.04 Å². The number of benzene rings is 1. The van der Waals surface area contributed by atoms with E-state index in [1.807, 2.05) is 30.3 Å². The Balaban J connectivity index is 2.67. The van der Waals surface area contributed by atoms with E-state index < -0.39 is 0 Å². The molecule has 0 amide bonds. The smallest absolute Gasteiger partial charge is 0.289 e. The number of rotatable bonds is 3. The second-order valence-corrected chi connectivity index (χ2v) is 4.46. The van der Waals surface area contributed by atoms with E-state index in [1.54, 1.807) is 19.2 Å². The quantitative estimate of drug-likeness (QED) is 0.783. The van der Waals surface area contributed by atoms with Crippen LogP contribution in [0.5, 0.6) is 0 Å². The first-order chi connectivity index (χ1) is 9.06. The summed E-state index contributed by atoms with van der Waals surface area (Å²) < 4.78 is 2.65. The van der Waals surface area contributed by atoms with Crippen LogP contribution in [0.2, 0.25) is 0 Å². The monoisotopic (exact) mass is 256 g/mol. The van der Waals surface area contributed by atoms with Gasteiger partial charge < -0.3 is 0 Å². The molecule has 0 aliphatic heterocycles. The molecule has 0 fully saturated rings. The van der Waals surface area contributed by atoms with Crippen LogP contribution in [0.4, 0.5) is 0 Å². The Hall–Kier alpha value is -2.36. The topological polar surface area (TPSA) is 44.0 Å². The van der Waals surface area contributed by atoms with Gasteiger partial charge in [0.2, 0.25) is 0 Å². The molecule has 19 heavy (non-hydrogen) atoms. The maximum absolute atomic E-state index is 12.2. The van der Waals surface area contributed by atoms with Gasteiger partial charge in [0.15, 0.2) is 0 Å². The summed E-state index contributed by atoms with van der Waals surface area (Å²) >= 11 is 0. The van der Waals surface area contributed by atoms with Gasteiger partial charge in [-0.15, -0.1) is 6.58 Å². The molecule has 0 radical (unpaired) electrons. The van der Waals surface area contributed by atoms with Crippen LogP contribution in [0.1, 0.15) is 17.2 Å². The summed E-state index contributed by atoms with van der Waals surface area (Å²) in [5.74, 6) is 0. The van der Waals surface area contributed by atoms with Crippen LogP contribution in [-0.2, 0) is 7.05 Å². The Kier molecular flexibility index (Phi) is 3.51. The average molecular weight is 256 g/mol. The number of hydrogen-bond acceptors (Lipinski definition) is 2. The maximum Gasteiger partial charge on any atom is 0.331 e. The summed E-state index contributed by atoms with van der Waals surface area (Å²) in [6.45, 7) is 5.49. The summed E-state index contributed by atoms with van der Waals surface area (Å²) in [5, 5.41) is 0. The molecule has 1 heterocycles. The van der Waals surface area contributed by atoms with Gasteiger partial charge in [-0.05, 0) is 12.5 Å². The predicted molar refractivity (Wildman–Crippen MR) is 75.5 cm³/mol. The Morgan fingerprint density at radius 3 is 2.42 bits per heavy atom. The molecule has 1 unspecified atom stereocenters. The summed E-state index contributed by atoms with van der Waals surface area (Å²) in [7, 11) is 1.49. The number of allylic oxidation sites excluding steroid dienone is 1. The number of hydrogen-bond donors (Lipinski definition) is 0. The molecule has 0 saturated carbocycles. The third-order valence-electron chi connectivity index (χ3n) is 3.15. The van der Waals surface area contributed by atoms with Gasteiger partial charge in [-0.3, -0.25) is 13.9 Å². The molecule has 0 aliphatic carbocycles. The molecule has 98 valence electrons. The van der Waals surface area contributed by atoms with E-state index in [4.69, 9.17) is 0 Å². The highest BCUT2D eigenvalue weighted by Crippen LogP contribution is 2.17. The molecule has 4 heteroatoms. The highest BCUT2D eigenvalue weighted by Gasteiger charge is 2.14. The van der Waals surface area contributed by atoms with Gasteiger partial charge in [0.25, 0.3) is 5.56 Å². The van der Waals surface area contributed by atoms with Crippen molar-refractivity contribution in [3.8, 4) is 0 Å². The molecule has 0 saturated heterocycles. The van der Waals surface area contributed by atoms with Crippen LogP contribution in [-0.4, -0.2) is 9.13 Å². The largest absolute Gasteiger partial charge is 0.331 e. The maximum atomic E-state index is 12.2. The van der Waals surface area contributed by atoms with Crippen LogP contribution in [0.15, 0.2) is 58.8 Å². The zero-order valence-corrected chi connectivity index (χ0v) is 11.0. The summed E-state index contributed by atoms with van der Waals surface area (Å²) in [4.78, 5) is 23.9. The van der Waals surface area contributed by atoms with E-state index in [0.717, 1.165) is 10.1 Å². The fraction of sp³-hybridized carbons (Fsp3) is 0.200. The third kappa shape index (κ3) is 2.29. The minimum Gasteiger partial charge on any atom is -0.289 e. The fourth-order valence-corrected chi connectivity index (χ4v) is 2.10. The van der Waals surface area contributed by atoms with Crippen molar-refractivity contribution in [2.24, 2.45) is 7.05 Å². The van der Waals surface area contributed by atoms with E-state index in [-0.39, 0.29) is 17.3 Å². The van der Waals surface area contributed by atoms with E-state index in [2.05, 4.69) is 6.58 Å². The Bertz CT molecular complexity index is 711. The van der Waals surface area contributed by atoms with Gasteiger partial charge in [-0.2, -0.15) is 0 Å². The van der Waals surface area contributed by atoms with Gasteiger partial charge in [0, 0.05) is 18.8 Å². The van der Waals surface area contributed by atoms with Crippen LogP contribution in [0.3, 0.4) is 0 Å². The number of nitrogens with zero attached hydrogens (tertiary/aromatic N) is 2. The van der Waals surface area contributed by atoms with Crippen molar-refractivity contribution in [3.05, 3.63) is 81.1 Å². The van der Waals surface area contributed by atoms with Crippen LogP contribution >= 0.6 is 0 Å².